The third kappa shape index (κ3) is 7.36. The maximum atomic E-state index is 10.8. The zero-order valence-electron chi connectivity index (χ0n) is 11.4. The lowest BCUT2D eigenvalue weighted by atomic mass is 10.0. The minimum Gasteiger partial charge on any atom is -0.746 e. The lowest BCUT2D eigenvalue weighted by molar-refractivity contribution is -0.211. The largest absolute Gasteiger partial charge is 0.746 e. The molecule has 0 fully saturated rings. The minimum atomic E-state index is -4.72. The second-order valence-electron chi connectivity index (χ2n) is 4.69. The molecule has 0 amide bonds. The quantitative estimate of drug-likeness (QED) is 0.557. The topological polar surface area (TPSA) is 69.6 Å². The fraction of sp³-hybridized carbons (Fsp3) is 0.571. The number of para-hydroxylation sites is 1. The van der Waals surface area contributed by atoms with Crippen LogP contribution in [0.5, 0.6) is 5.75 Å². The molecule has 1 aromatic rings. The van der Waals surface area contributed by atoms with Crippen LogP contribution in [0.15, 0.2) is 24.3 Å². The molecule has 1 aromatic carbocycles. The van der Waals surface area contributed by atoms with Crippen LogP contribution in [0.25, 0.3) is 0 Å². The van der Waals surface area contributed by atoms with Crippen LogP contribution in [-0.2, 0) is 11.0 Å². The van der Waals surface area contributed by atoms with Gasteiger partial charge in [0.25, 0.3) is 0 Å². The number of hydrogen-bond acceptors (Lipinski definition) is 3. The molecule has 0 aliphatic rings. The monoisotopic (exact) mass is 285 g/mol. The predicted octanol–water partition coefficient (Wildman–Crippen LogP) is 3.43. The molecule has 1 rings (SSSR count). The first-order chi connectivity index (χ1) is 9.03. The Balaban J connectivity index is 2.42. The molecule has 0 aliphatic heterocycles. The van der Waals surface area contributed by atoms with E-state index < -0.39 is 7.82 Å². The van der Waals surface area contributed by atoms with Gasteiger partial charge in [-0.05, 0) is 24.5 Å². The van der Waals surface area contributed by atoms with E-state index in [-0.39, 0.29) is 5.75 Å². The van der Waals surface area contributed by atoms with Crippen molar-refractivity contribution in [2.45, 2.75) is 51.9 Å². The maximum absolute atomic E-state index is 10.8. The normalized spacial score (nSPS) is 14.1. The third-order valence-corrected chi connectivity index (χ3v) is 3.41. The van der Waals surface area contributed by atoms with Crippen molar-refractivity contribution in [2.24, 2.45) is 0 Å². The first kappa shape index (κ1) is 16.2. The maximum Gasteiger partial charge on any atom is 0.317 e. The van der Waals surface area contributed by atoms with Crippen LogP contribution >= 0.6 is 7.82 Å². The lowest BCUT2D eigenvalue weighted by Crippen LogP contribution is -2.07. The Morgan fingerprint density at radius 2 is 1.79 bits per heavy atom. The average Bonchev–Trinajstić information content (AvgIpc) is 2.33. The second-order valence-corrected chi connectivity index (χ2v) is 5.81. The lowest BCUT2D eigenvalue weighted by Gasteiger charge is -2.19. The fourth-order valence-corrected chi connectivity index (χ4v) is 2.45. The molecule has 0 saturated carbocycles. The molecule has 1 atom stereocenters. The smallest absolute Gasteiger partial charge is 0.317 e. The van der Waals surface area contributed by atoms with Gasteiger partial charge in [-0.1, -0.05) is 57.2 Å². The SMILES string of the molecule is CCCCCCCCc1ccccc1OP(=O)([O-])O. The molecular formula is C14H22O4P-. The van der Waals surface area contributed by atoms with Crippen molar-refractivity contribution in [3.63, 3.8) is 0 Å². The Morgan fingerprint density at radius 1 is 1.16 bits per heavy atom. The summed E-state index contributed by atoms with van der Waals surface area (Å²) in [6.07, 6.45) is 7.84. The van der Waals surface area contributed by atoms with Gasteiger partial charge in [0.15, 0.2) is 0 Å². The Morgan fingerprint density at radius 3 is 2.47 bits per heavy atom. The number of benzene rings is 1. The molecule has 4 nitrogen and oxygen atoms in total. The molecule has 0 aromatic heterocycles. The number of phosphoric ester groups is 1. The summed E-state index contributed by atoms with van der Waals surface area (Å²) >= 11 is 0. The van der Waals surface area contributed by atoms with E-state index >= 15 is 0 Å². The van der Waals surface area contributed by atoms with Crippen molar-refractivity contribution in [1.82, 2.24) is 0 Å². The highest BCUT2D eigenvalue weighted by molar-refractivity contribution is 7.45. The molecule has 0 spiro atoms. The summed E-state index contributed by atoms with van der Waals surface area (Å²) in [7, 11) is -4.72. The summed E-state index contributed by atoms with van der Waals surface area (Å²) in [5, 5.41) is 0. The highest BCUT2D eigenvalue weighted by Crippen LogP contribution is 2.35. The minimum absolute atomic E-state index is 0.233. The van der Waals surface area contributed by atoms with Gasteiger partial charge in [-0.3, -0.25) is 4.57 Å². The van der Waals surface area contributed by atoms with Crippen molar-refractivity contribution in [1.29, 1.82) is 0 Å². The molecule has 108 valence electrons. The molecule has 0 aliphatic carbocycles. The molecule has 1 unspecified atom stereocenters. The number of unbranched alkanes of at least 4 members (excludes halogenated alkanes) is 5. The molecule has 1 N–H and O–H groups in total. The second kappa shape index (κ2) is 8.36. The van der Waals surface area contributed by atoms with Gasteiger partial charge >= 0.3 is 7.82 Å². The van der Waals surface area contributed by atoms with E-state index in [1.54, 1.807) is 12.1 Å². The Kier molecular flexibility index (Phi) is 7.14. The molecule has 5 heteroatoms. The first-order valence-corrected chi connectivity index (χ1v) is 8.34. The molecule has 0 heterocycles. The van der Waals surface area contributed by atoms with Crippen LogP contribution in [0.1, 0.15) is 51.0 Å². The van der Waals surface area contributed by atoms with Crippen LogP contribution in [0.3, 0.4) is 0 Å². The van der Waals surface area contributed by atoms with Gasteiger partial charge in [0.1, 0.15) is 5.75 Å². The standard InChI is InChI=1S/C14H23O4P/c1-2-3-4-5-6-7-10-13-11-8-9-12-14(13)18-19(15,16)17/h8-9,11-12H,2-7,10H2,1H3,(H2,15,16,17)/p-1. The van der Waals surface area contributed by atoms with Crippen molar-refractivity contribution in [3.8, 4) is 5.75 Å². The predicted molar refractivity (Wildman–Crippen MR) is 74.0 cm³/mol. The average molecular weight is 285 g/mol. The molecule has 0 saturated heterocycles. The van der Waals surface area contributed by atoms with Gasteiger partial charge in [0, 0.05) is 0 Å². The van der Waals surface area contributed by atoms with Gasteiger partial charge in [0.05, 0.1) is 0 Å². The number of aryl methyl sites for hydroxylation is 1. The van der Waals surface area contributed by atoms with Crippen molar-refractivity contribution in [2.75, 3.05) is 0 Å². The van der Waals surface area contributed by atoms with E-state index in [9.17, 15) is 9.46 Å². The summed E-state index contributed by atoms with van der Waals surface area (Å²) in [6, 6.07) is 6.92. The highest BCUT2D eigenvalue weighted by atomic mass is 31.2. The summed E-state index contributed by atoms with van der Waals surface area (Å²) < 4.78 is 15.3. The van der Waals surface area contributed by atoms with Crippen molar-refractivity contribution >= 4 is 7.82 Å². The van der Waals surface area contributed by atoms with Crippen LogP contribution in [0.2, 0.25) is 0 Å². The number of hydrogen-bond donors (Lipinski definition) is 1. The zero-order valence-corrected chi connectivity index (χ0v) is 12.3. The Bertz CT molecular complexity index is 414. The van der Waals surface area contributed by atoms with Gasteiger partial charge in [-0.2, -0.15) is 0 Å². The molecular weight excluding hydrogens is 263 g/mol. The highest BCUT2D eigenvalue weighted by Gasteiger charge is 2.08. The van der Waals surface area contributed by atoms with Gasteiger partial charge in [0.2, 0.25) is 0 Å². The van der Waals surface area contributed by atoms with Gasteiger partial charge in [-0.15, -0.1) is 0 Å². The van der Waals surface area contributed by atoms with E-state index in [0.717, 1.165) is 24.8 Å². The third-order valence-electron chi connectivity index (χ3n) is 2.99. The van der Waals surface area contributed by atoms with Gasteiger partial charge < -0.3 is 14.3 Å². The molecule has 0 bridgehead atoms. The summed E-state index contributed by atoms with van der Waals surface area (Å²) in [4.78, 5) is 19.5. The zero-order chi connectivity index (χ0) is 14.1. The van der Waals surface area contributed by atoms with Crippen LogP contribution in [0, 0.1) is 0 Å². The van der Waals surface area contributed by atoms with Crippen molar-refractivity contribution in [3.05, 3.63) is 29.8 Å². The summed E-state index contributed by atoms with van der Waals surface area (Å²) in [6.45, 7) is 2.18. The van der Waals surface area contributed by atoms with E-state index in [2.05, 4.69) is 11.4 Å². The van der Waals surface area contributed by atoms with Crippen molar-refractivity contribution < 1.29 is 18.9 Å². The van der Waals surface area contributed by atoms with Crippen LogP contribution in [0.4, 0.5) is 0 Å². The van der Waals surface area contributed by atoms with E-state index in [1.807, 2.05) is 12.1 Å². The number of rotatable bonds is 9. The van der Waals surface area contributed by atoms with E-state index in [1.165, 1.54) is 25.7 Å². The fourth-order valence-electron chi connectivity index (χ4n) is 2.02. The summed E-state index contributed by atoms with van der Waals surface area (Å²) in [5.74, 6) is 0.233. The molecule has 19 heavy (non-hydrogen) atoms. The summed E-state index contributed by atoms with van der Waals surface area (Å²) in [5.41, 5.74) is 0.822. The van der Waals surface area contributed by atoms with E-state index in [0.29, 0.717) is 0 Å². The Hall–Kier alpha value is -0.830. The van der Waals surface area contributed by atoms with Gasteiger partial charge in [-0.25, -0.2) is 0 Å². The Labute approximate surface area is 115 Å². The first-order valence-electron chi connectivity index (χ1n) is 6.84. The van der Waals surface area contributed by atoms with Crippen LogP contribution < -0.4 is 9.42 Å². The number of phosphoric acid groups is 1. The van der Waals surface area contributed by atoms with E-state index in [4.69, 9.17) is 4.89 Å². The molecule has 0 radical (unpaired) electrons. The van der Waals surface area contributed by atoms with Crippen LogP contribution in [-0.4, -0.2) is 4.89 Å².